The van der Waals surface area contributed by atoms with Gasteiger partial charge in [-0.2, -0.15) is 0 Å². The second-order valence-corrected chi connectivity index (χ2v) is 5.53. The van der Waals surface area contributed by atoms with Crippen LogP contribution < -0.4 is 4.74 Å². The van der Waals surface area contributed by atoms with Gasteiger partial charge in [-0.25, -0.2) is 0 Å². The predicted molar refractivity (Wildman–Crippen MR) is 73.1 cm³/mol. The Morgan fingerprint density at radius 2 is 2.26 bits per heavy atom. The molecule has 1 N–H and O–H groups in total. The zero-order chi connectivity index (χ0) is 14.0. The summed E-state index contributed by atoms with van der Waals surface area (Å²) in [4.78, 5) is 14.1. The van der Waals surface area contributed by atoms with Crippen molar-refractivity contribution in [3.63, 3.8) is 0 Å². The van der Waals surface area contributed by atoms with Crippen molar-refractivity contribution in [2.75, 3.05) is 13.7 Å². The third-order valence-corrected chi connectivity index (χ3v) is 3.93. The molecule has 0 spiro atoms. The molecule has 1 amide bonds. The molecule has 2 rings (SSSR count). The zero-order valence-corrected chi connectivity index (χ0v) is 11.7. The Balaban J connectivity index is 2.09. The fourth-order valence-corrected chi connectivity index (χ4v) is 2.57. The Bertz CT molecular complexity index is 470. The maximum Gasteiger partial charge on any atom is 0.227 e. The molecule has 0 radical (unpaired) electrons. The highest BCUT2D eigenvalue weighted by Crippen LogP contribution is 2.29. The summed E-state index contributed by atoms with van der Waals surface area (Å²) >= 11 is 0. The van der Waals surface area contributed by atoms with Crippen LogP contribution in [0.1, 0.15) is 25.8 Å². The maximum atomic E-state index is 12.3. The highest BCUT2D eigenvalue weighted by Gasteiger charge is 2.42. The van der Waals surface area contributed by atoms with E-state index in [0.29, 0.717) is 19.4 Å². The fraction of sp³-hybridized carbons (Fsp3) is 0.533. The average Bonchev–Trinajstić information content (AvgIpc) is 2.64. The van der Waals surface area contributed by atoms with E-state index in [2.05, 4.69) is 0 Å². The van der Waals surface area contributed by atoms with Crippen LogP contribution in [-0.2, 0) is 11.2 Å². The maximum absolute atomic E-state index is 12.3. The van der Waals surface area contributed by atoms with Crippen molar-refractivity contribution in [3.05, 3.63) is 29.8 Å². The number of aliphatic hydroxyl groups excluding tert-OH is 1. The van der Waals surface area contributed by atoms with Crippen LogP contribution in [0.2, 0.25) is 0 Å². The van der Waals surface area contributed by atoms with Crippen LogP contribution in [0.5, 0.6) is 5.75 Å². The molecule has 1 aromatic carbocycles. The molecule has 1 saturated heterocycles. The summed E-state index contributed by atoms with van der Waals surface area (Å²) < 4.78 is 5.15. The van der Waals surface area contributed by atoms with Crippen LogP contribution in [0, 0.1) is 0 Å². The number of carbonyl (C=O) groups excluding carboxylic acids is 1. The molecule has 1 fully saturated rings. The van der Waals surface area contributed by atoms with E-state index < -0.39 is 11.6 Å². The van der Waals surface area contributed by atoms with Gasteiger partial charge in [0.25, 0.3) is 0 Å². The summed E-state index contributed by atoms with van der Waals surface area (Å²) in [7, 11) is 1.61. The number of hydrogen-bond acceptors (Lipinski definition) is 3. The summed E-state index contributed by atoms with van der Waals surface area (Å²) in [6.45, 7) is 4.44. The van der Waals surface area contributed by atoms with Crippen LogP contribution in [0.3, 0.4) is 0 Å². The van der Waals surface area contributed by atoms with Gasteiger partial charge in [-0.3, -0.25) is 4.79 Å². The minimum absolute atomic E-state index is 0.0507. The Morgan fingerprint density at radius 3 is 2.84 bits per heavy atom. The van der Waals surface area contributed by atoms with Gasteiger partial charge in [-0.15, -0.1) is 0 Å². The van der Waals surface area contributed by atoms with Crippen molar-refractivity contribution < 1.29 is 14.6 Å². The molecular formula is C15H21NO3. The Hall–Kier alpha value is -1.55. The average molecular weight is 263 g/mol. The van der Waals surface area contributed by atoms with E-state index in [0.717, 1.165) is 11.3 Å². The normalized spacial score (nSPS) is 21.5. The quantitative estimate of drug-likeness (QED) is 0.901. The number of amides is 1. The molecule has 4 heteroatoms. The lowest BCUT2D eigenvalue weighted by atomic mass is 9.98. The van der Waals surface area contributed by atoms with Crippen LogP contribution in [0.15, 0.2) is 24.3 Å². The number of rotatable bonds is 3. The first-order valence-corrected chi connectivity index (χ1v) is 6.56. The molecule has 1 aliphatic rings. The molecule has 1 atom stereocenters. The van der Waals surface area contributed by atoms with Gasteiger partial charge in [-0.1, -0.05) is 12.1 Å². The van der Waals surface area contributed by atoms with Crippen LogP contribution in [0.25, 0.3) is 0 Å². The van der Waals surface area contributed by atoms with Gasteiger partial charge in [0.1, 0.15) is 5.75 Å². The van der Waals surface area contributed by atoms with Crippen molar-refractivity contribution in [3.8, 4) is 5.75 Å². The lowest BCUT2D eigenvalue weighted by Crippen LogP contribution is -2.48. The van der Waals surface area contributed by atoms with Gasteiger partial charge < -0.3 is 14.7 Å². The van der Waals surface area contributed by atoms with Gasteiger partial charge in [0.15, 0.2) is 0 Å². The molecule has 104 valence electrons. The highest BCUT2D eigenvalue weighted by atomic mass is 16.5. The van der Waals surface area contributed by atoms with Gasteiger partial charge in [0.2, 0.25) is 5.91 Å². The second kappa shape index (κ2) is 5.21. The molecule has 1 unspecified atom stereocenters. The third kappa shape index (κ3) is 2.73. The molecule has 4 nitrogen and oxygen atoms in total. The van der Waals surface area contributed by atoms with E-state index in [-0.39, 0.29) is 5.91 Å². The largest absolute Gasteiger partial charge is 0.497 e. The number of hydrogen-bond donors (Lipinski definition) is 1. The molecular weight excluding hydrogens is 242 g/mol. The standard InChI is InChI=1S/C15H21NO3/c1-15(2)13(17)7-8-16(15)14(18)10-11-5-4-6-12(9-11)19-3/h4-6,9,13,17H,7-8,10H2,1-3H3. The molecule has 19 heavy (non-hydrogen) atoms. The lowest BCUT2D eigenvalue weighted by Gasteiger charge is -2.33. The summed E-state index contributed by atoms with van der Waals surface area (Å²) in [6, 6.07) is 7.53. The number of aliphatic hydroxyl groups is 1. The van der Waals surface area contributed by atoms with E-state index in [1.807, 2.05) is 38.1 Å². The highest BCUT2D eigenvalue weighted by molar-refractivity contribution is 5.80. The summed E-state index contributed by atoms with van der Waals surface area (Å²) in [5.74, 6) is 0.806. The van der Waals surface area contributed by atoms with Gasteiger partial charge in [-0.05, 0) is 38.0 Å². The van der Waals surface area contributed by atoms with Crippen LogP contribution in [-0.4, -0.2) is 41.2 Å². The molecule has 1 aromatic rings. The Morgan fingerprint density at radius 1 is 1.53 bits per heavy atom. The number of methoxy groups -OCH3 is 1. The first-order chi connectivity index (χ1) is 8.95. The Labute approximate surface area is 114 Å². The topological polar surface area (TPSA) is 49.8 Å². The van der Waals surface area contributed by atoms with Crippen molar-refractivity contribution in [2.24, 2.45) is 0 Å². The van der Waals surface area contributed by atoms with E-state index in [9.17, 15) is 9.90 Å². The number of benzene rings is 1. The van der Waals surface area contributed by atoms with E-state index in [1.165, 1.54) is 0 Å². The first kappa shape index (κ1) is 13.9. The lowest BCUT2D eigenvalue weighted by molar-refractivity contribution is -0.135. The SMILES string of the molecule is COc1cccc(CC(=O)N2CCC(O)C2(C)C)c1. The minimum Gasteiger partial charge on any atom is -0.497 e. The fourth-order valence-electron chi connectivity index (χ4n) is 2.57. The monoisotopic (exact) mass is 263 g/mol. The molecule has 0 aliphatic carbocycles. The smallest absolute Gasteiger partial charge is 0.227 e. The number of ether oxygens (including phenoxy) is 1. The van der Waals surface area contributed by atoms with Gasteiger partial charge >= 0.3 is 0 Å². The first-order valence-electron chi connectivity index (χ1n) is 6.56. The number of nitrogens with zero attached hydrogens (tertiary/aromatic N) is 1. The van der Waals surface area contributed by atoms with Crippen molar-refractivity contribution in [1.29, 1.82) is 0 Å². The van der Waals surface area contributed by atoms with Crippen LogP contribution >= 0.6 is 0 Å². The van der Waals surface area contributed by atoms with Crippen molar-refractivity contribution >= 4 is 5.91 Å². The van der Waals surface area contributed by atoms with Crippen molar-refractivity contribution in [1.82, 2.24) is 4.90 Å². The zero-order valence-electron chi connectivity index (χ0n) is 11.7. The summed E-state index contributed by atoms with van der Waals surface area (Å²) in [6.07, 6.45) is 0.547. The molecule has 1 aliphatic heterocycles. The van der Waals surface area contributed by atoms with E-state index >= 15 is 0 Å². The summed E-state index contributed by atoms with van der Waals surface area (Å²) in [5, 5.41) is 9.91. The van der Waals surface area contributed by atoms with Gasteiger partial charge in [0, 0.05) is 6.54 Å². The molecule has 0 bridgehead atoms. The molecule has 0 aromatic heterocycles. The minimum atomic E-state index is -0.476. The summed E-state index contributed by atoms with van der Waals surface area (Å²) in [5.41, 5.74) is 0.456. The van der Waals surface area contributed by atoms with Gasteiger partial charge in [0.05, 0.1) is 25.2 Å². The molecule has 0 saturated carbocycles. The van der Waals surface area contributed by atoms with Crippen molar-refractivity contribution in [2.45, 2.75) is 38.3 Å². The molecule has 1 heterocycles. The number of likely N-dealkylation sites (tertiary alicyclic amines) is 1. The van der Waals surface area contributed by atoms with E-state index in [4.69, 9.17) is 4.74 Å². The Kier molecular flexibility index (Phi) is 3.80. The third-order valence-electron chi connectivity index (χ3n) is 3.93. The van der Waals surface area contributed by atoms with Crippen LogP contribution in [0.4, 0.5) is 0 Å². The number of carbonyl (C=O) groups is 1. The predicted octanol–water partition coefficient (Wildman–Crippen LogP) is 1.61. The second-order valence-electron chi connectivity index (χ2n) is 5.53. The van der Waals surface area contributed by atoms with E-state index in [1.54, 1.807) is 12.0 Å².